The Hall–Kier alpha value is -6.00. The normalized spacial score (nSPS) is 21.3. The highest BCUT2D eigenvalue weighted by atomic mass is 35.5. The summed E-state index contributed by atoms with van der Waals surface area (Å²) < 4.78 is 46.5. The average Bonchev–Trinajstić information content (AvgIpc) is 3.61. The van der Waals surface area contributed by atoms with Crippen LogP contribution in [-0.4, -0.2) is 112 Å². The van der Waals surface area contributed by atoms with Crippen molar-refractivity contribution in [3.63, 3.8) is 0 Å². The van der Waals surface area contributed by atoms with Crippen molar-refractivity contribution >= 4 is 63.4 Å². The predicted molar refractivity (Wildman–Crippen MR) is 243 cm³/mol. The van der Waals surface area contributed by atoms with E-state index in [0.717, 1.165) is 75.4 Å². The van der Waals surface area contributed by atoms with Gasteiger partial charge in [-0.05, 0) is 112 Å². The second kappa shape index (κ2) is 18.4. The summed E-state index contributed by atoms with van der Waals surface area (Å²) in [6.07, 6.45) is 9.08. The Kier molecular flexibility index (Phi) is 12.6. The molecule has 0 saturated carbocycles. The van der Waals surface area contributed by atoms with Crippen LogP contribution in [0.25, 0.3) is 22.0 Å². The molecule has 6 heterocycles. The number of piperidine rings is 2. The summed E-state index contributed by atoms with van der Waals surface area (Å²) in [4.78, 5) is 78.5. The van der Waals surface area contributed by atoms with E-state index in [2.05, 4.69) is 21.8 Å². The molecule has 3 aromatic carbocycles. The maximum atomic E-state index is 16.5. The van der Waals surface area contributed by atoms with Crippen molar-refractivity contribution < 1.29 is 42.3 Å². The molecule has 346 valence electrons. The minimum Gasteiger partial charge on any atom is -0.507 e. The summed E-state index contributed by atoms with van der Waals surface area (Å²) in [6, 6.07) is 6.11. The quantitative estimate of drug-likeness (QED) is 0.0856. The number of nitrogens with zero attached hydrogens (tertiary/aromatic N) is 6. The Balaban J connectivity index is 0.829. The van der Waals surface area contributed by atoms with E-state index in [1.54, 1.807) is 9.80 Å². The molecule has 9 rings (SSSR count). The summed E-state index contributed by atoms with van der Waals surface area (Å²) >= 11 is 6.72. The predicted octanol–water partition coefficient (Wildman–Crippen LogP) is 7.21. The lowest BCUT2D eigenvalue weighted by Crippen LogP contribution is -2.66. The van der Waals surface area contributed by atoms with Crippen LogP contribution in [0.5, 0.6) is 5.75 Å². The summed E-state index contributed by atoms with van der Waals surface area (Å²) in [5.74, 6) is -4.37. The molecule has 0 bridgehead atoms. The number of phenolic OH excluding ortho intramolecular Hbond substituents is 1. The van der Waals surface area contributed by atoms with E-state index in [-0.39, 0.29) is 89.7 Å². The summed E-state index contributed by atoms with van der Waals surface area (Å²) in [5.41, 5.74) is 2.13. The highest BCUT2D eigenvalue weighted by Gasteiger charge is 2.46. The van der Waals surface area contributed by atoms with Crippen molar-refractivity contribution in [2.75, 3.05) is 49.1 Å². The minimum atomic E-state index is -0.911. The number of halogens is 4. The van der Waals surface area contributed by atoms with Crippen LogP contribution in [-0.2, 0) is 25.7 Å². The van der Waals surface area contributed by atoms with Crippen LogP contribution in [0, 0.1) is 17.5 Å². The second-order valence-electron chi connectivity index (χ2n) is 18.1. The Morgan fingerprint density at radius 3 is 2.41 bits per heavy atom. The number of imide groups is 1. The van der Waals surface area contributed by atoms with Crippen molar-refractivity contribution in [1.82, 2.24) is 25.0 Å². The van der Waals surface area contributed by atoms with Gasteiger partial charge < -0.3 is 29.6 Å². The monoisotopic (exact) mass is 925 g/mol. The SMILES string of the molecule is C=CC(=O)N1C[C@@H]2C(=O)N(CCCCCCCN3CCC(c4cc(F)cc5c4CN(C4CCC(=O)NC4=O)C5=O)CC3)c3cnc4c(F)c(-c5c(O)cccc5F)c(Cl)cc4c3N2C[C@H]1C. The van der Waals surface area contributed by atoms with Gasteiger partial charge in [-0.15, -0.1) is 0 Å². The Morgan fingerprint density at radius 2 is 1.68 bits per heavy atom. The molecule has 1 unspecified atom stereocenters. The van der Waals surface area contributed by atoms with E-state index in [4.69, 9.17) is 11.6 Å². The van der Waals surface area contributed by atoms with E-state index in [1.807, 2.05) is 11.8 Å². The Labute approximate surface area is 385 Å². The number of aromatic nitrogens is 1. The van der Waals surface area contributed by atoms with Crippen LogP contribution in [0.3, 0.4) is 0 Å². The van der Waals surface area contributed by atoms with Crippen molar-refractivity contribution in [3.8, 4) is 16.9 Å². The third kappa shape index (κ3) is 8.16. The summed E-state index contributed by atoms with van der Waals surface area (Å²) in [5, 5.41) is 13.0. The molecule has 3 fully saturated rings. The third-order valence-corrected chi connectivity index (χ3v) is 14.4. The van der Waals surface area contributed by atoms with Gasteiger partial charge >= 0.3 is 0 Å². The zero-order valence-electron chi connectivity index (χ0n) is 36.6. The number of pyridine rings is 1. The maximum Gasteiger partial charge on any atom is 0.255 e. The molecule has 5 aliphatic heterocycles. The number of phenols is 1. The first-order chi connectivity index (χ1) is 31.7. The van der Waals surface area contributed by atoms with Gasteiger partial charge in [0.15, 0.2) is 5.82 Å². The van der Waals surface area contributed by atoms with Crippen LogP contribution in [0.4, 0.5) is 24.5 Å². The number of benzene rings is 3. The third-order valence-electron chi connectivity index (χ3n) is 14.1. The standard InChI is InChI=1S/C49H51ClF3N7O6/c1-3-41(63)58-26-38-49(66)57(37-23-54-45-32(46(37)59(38)24-27(58)2)22-34(50)42(44(45)53)43-35(52)10-9-11-39(43)61)17-8-6-4-5-7-16-56-18-14-28(15-19-56)30-20-29(51)21-31-33(30)25-60(48(31)65)36-12-13-40(62)55-47(36)64/h3,9-11,20-23,27-28,36,38,61H,1,4-8,12-19,24-26H2,2H3,(H,55,62,64)/t27-,36?,38-/m1/s1. The number of likely N-dealkylation sites (tertiary alicyclic amines) is 1. The number of amides is 5. The number of rotatable bonds is 12. The molecule has 3 atom stereocenters. The van der Waals surface area contributed by atoms with Gasteiger partial charge in [-0.1, -0.05) is 43.5 Å². The molecule has 5 aliphatic rings. The zero-order chi connectivity index (χ0) is 46.6. The van der Waals surface area contributed by atoms with Gasteiger partial charge in [0.2, 0.25) is 17.7 Å². The van der Waals surface area contributed by atoms with Crippen LogP contribution in [0.1, 0.15) is 92.1 Å². The fourth-order valence-corrected chi connectivity index (χ4v) is 11.0. The van der Waals surface area contributed by atoms with Gasteiger partial charge in [-0.25, -0.2) is 13.2 Å². The van der Waals surface area contributed by atoms with E-state index in [1.165, 1.54) is 47.5 Å². The molecule has 1 aromatic heterocycles. The Bertz CT molecular complexity index is 2660. The van der Waals surface area contributed by atoms with Gasteiger partial charge in [0.05, 0.1) is 34.7 Å². The number of carbonyl (C=O) groups excluding carboxylic acids is 5. The fraction of sp³-hybridized carbons (Fsp3) is 0.429. The lowest BCUT2D eigenvalue weighted by Gasteiger charge is -2.50. The topological polar surface area (TPSA) is 147 Å². The number of aromatic hydroxyl groups is 1. The first kappa shape index (κ1) is 45.2. The van der Waals surface area contributed by atoms with Crippen molar-refractivity contribution in [1.29, 1.82) is 0 Å². The average molecular weight is 926 g/mol. The molecular weight excluding hydrogens is 875 g/mol. The maximum absolute atomic E-state index is 16.5. The van der Waals surface area contributed by atoms with E-state index >= 15 is 8.78 Å². The van der Waals surface area contributed by atoms with Crippen molar-refractivity contribution in [3.05, 3.63) is 94.4 Å². The first-order valence-electron chi connectivity index (χ1n) is 22.7. The highest BCUT2D eigenvalue weighted by molar-refractivity contribution is 6.35. The second-order valence-corrected chi connectivity index (χ2v) is 18.5. The van der Waals surface area contributed by atoms with E-state index < -0.39 is 41.2 Å². The molecule has 4 aromatic rings. The zero-order valence-corrected chi connectivity index (χ0v) is 37.4. The smallest absolute Gasteiger partial charge is 0.255 e. The molecule has 0 aliphatic carbocycles. The molecule has 13 nitrogen and oxygen atoms in total. The van der Waals surface area contributed by atoms with Crippen molar-refractivity contribution in [2.45, 2.75) is 95.3 Å². The number of nitrogens with one attached hydrogen (secondary N) is 1. The van der Waals surface area contributed by atoms with Crippen LogP contribution in [0.2, 0.25) is 5.02 Å². The number of carbonyl (C=O) groups is 5. The first-order valence-corrected chi connectivity index (χ1v) is 23.1. The molecule has 3 saturated heterocycles. The number of hydrogen-bond acceptors (Lipinski definition) is 9. The number of anilines is 2. The fourth-order valence-electron chi connectivity index (χ4n) is 10.7. The molecule has 5 amide bonds. The van der Waals surface area contributed by atoms with E-state index in [9.17, 15) is 33.5 Å². The summed E-state index contributed by atoms with van der Waals surface area (Å²) in [7, 11) is 0. The number of hydrogen-bond donors (Lipinski definition) is 2. The van der Waals surface area contributed by atoms with Gasteiger partial charge in [-0.2, -0.15) is 0 Å². The highest BCUT2D eigenvalue weighted by Crippen LogP contribution is 2.48. The minimum absolute atomic E-state index is 0.0764. The van der Waals surface area contributed by atoms with Gasteiger partial charge in [0.1, 0.15) is 35.0 Å². The molecule has 66 heavy (non-hydrogen) atoms. The number of piperazine rings is 1. The van der Waals surface area contributed by atoms with Crippen molar-refractivity contribution in [2.24, 2.45) is 0 Å². The van der Waals surface area contributed by atoms with Crippen LogP contribution >= 0.6 is 11.6 Å². The van der Waals surface area contributed by atoms with Gasteiger partial charge in [0.25, 0.3) is 11.8 Å². The molecule has 0 spiro atoms. The largest absolute Gasteiger partial charge is 0.507 e. The number of unbranched alkanes of at least 4 members (excludes halogenated alkanes) is 4. The van der Waals surface area contributed by atoms with Gasteiger partial charge in [-0.3, -0.25) is 34.3 Å². The molecule has 2 N–H and O–H groups in total. The summed E-state index contributed by atoms with van der Waals surface area (Å²) in [6.45, 7) is 9.01. The van der Waals surface area contributed by atoms with E-state index in [0.29, 0.717) is 35.3 Å². The Morgan fingerprint density at radius 1 is 0.939 bits per heavy atom. The number of fused-ring (bicyclic) bond motifs is 6. The molecule has 0 radical (unpaired) electrons. The van der Waals surface area contributed by atoms with Gasteiger partial charge in [0, 0.05) is 48.6 Å². The van der Waals surface area contributed by atoms with Crippen LogP contribution < -0.4 is 15.1 Å². The molecular formula is C49H51ClF3N7O6. The molecule has 17 heteroatoms. The van der Waals surface area contributed by atoms with Crippen LogP contribution in [0.15, 0.2) is 55.3 Å². The lowest BCUT2D eigenvalue weighted by atomic mass is 9.85. The lowest BCUT2D eigenvalue weighted by molar-refractivity contribution is -0.137.